The number of hydrogen-bond donors (Lipinski definition) is 2. The van der Waals surface area contributed by atoms with Gasteiger partial charge in [-0.1, -0.05) is 0 Å². The Morgan fingerprint density at radius 3 is 2.50 bits per heavy atom. The molecule has 1 aromatic carbocycles. The molecule has 18 heavy (non-hydrogen) atoms. The molecule has 100 valence electrons. The molecule has 5 heteroatoms. The molecule has 0 radical (unpaired) electrons. The Kier molecular flexibility index (Phi) is 3.84. The van der Waals surface area contributed by atoms with Crippen molar-refractivity contribution in [3.63, 3.8) is 0 Å². The van der Waals surface area contributed by atoms with Gasteiger partial charge in [0.15, 0.2) is 17.3 Å². The van der Waals surface area contributed by atoms with Crippen molar-refractivity contribution in [2.75, 3.05) is 7.11 Å². The Morgan fingerprint density at radius 1 is 1.50 bits per heavy atom. The average Bonchev–Trinajstić information content (AvgIpc) is 2.25. The number of carboxylic acid groups (broad SMARTS) is 1. The maximum atomic E-state index is 13.6. The molecule has 0 saturated heterocycles. The molecule has 0 amide bonds. The van der Waals surface area contributed by atoms with Gasteiger partial charge in [-0.15, -0.1) is 0 Å². The van der Waals surface area contributed by atoms with E-state index in [4.69, 9.17) is 9.84 Å². The molecule has 0 aliphatic heterocycles. The number of benzene rings is 1. The molecule has 0 aliphatic rings. The van der Waals surface area contributed by atoms with Gasteiger partial charge < -0.3 is 14.9 Å². The third kappa shape index (κ3) is 2.55. The van der Waals surface area contributed by atoms with Crippen LogP contribution >= 0.6 is 0 Å². The summed E-state index contributed by atoms with van der Waals surface area (Å²) in [6, 6.07) is 1.21. The van der Waals surface area contributed by atoms with Crippen LogP contribution < -0.4 is 4.74 Å². The molecule has 4 nitrogen and oxygen atoms in total. The van der Waals surface area contributed by atoms with Gasteiger partial charge in [0.2, 0.25) is 0 Å². The zero-order chi connectivity index (χ0) is 14.1. The quantitative estimate of drug-likeness (QED) is 0.868. The average molecular weight is 256 g/mol. The van der Waals surface area contributed by atoms with Crippen molar-refractivity contribution in [3.05, 3.63) is 23.0 Å². The van der Waals surface area contributed by atoms with E-state index in [1.54, 1.807) is 20.8 Å². The van der Waals surface area contributed by atoms with E-state index in [0.29, 0.717) is 11.1 Å². The monoisotopic (exact) mass is 256 g/mol. The summed E-state index contributed by atoms with van der Waals surface area (Å²) in [5.74, 6) is -2.17. The Morgan fingerprint density at radius 2 is 2.06 bits per heavy atom. The van der Waals surface area contributed by atoms with Crippen LogP contribution in [0.1, 0.15) is 25.0 Å². The van der Waals surface area contributed by atoms with Crippen molar-refractivity contribution in [3.8, 4) is 11.5 Å². The van der Waals surface area contributed by atoms with Gasteiger partial charge in [-0.3, -0.25) is 4.79 Å². The van der Waals surface area contributed by atoms with Gasteiger partial charge in [-0.05, 0) is 44.4 Å². The minimum atomic E-state index is -1.03. The van der Waals surface area contributed by atoms with Crippen LogP contribution in [0, 0.1) is 18.2 Å². The number of carboxylic acids is 1. The molecule has 0 heterocycles. The van der Waals surface area contributed by atoms with Gasteiger partial charge in [-0.25, -0.2) is 4.39 Å². The Bertz CT molecular complexity index is 480. The standard InChI is InChI=1S/C13H17FO4/c1-7-8(6-13(2,3)12(16)17)5-9(14)11(18-4)10(7)15/h5,15H,6H2,1-4H3,(H,16,17). The van der Waals surface area contributed by atoms with E-state index in [1.807, 2.05) is 0 Å². The minimum absolute atomic E-state index is 0.128. The Balaban J connectivity index is 3.24. The van der Waals surface area contributed by atoms with Crippen LogP contribution in [-0.4, -0.2) is 23.3 Å². The number of rotatable bonds is 4. The fourth-order valence-corrected chi connectivity index (χ4v) is 1.69. The number of hydrogen-bond acceptors (Lipinski definition) is 3. The van der Waals surface area contributed by atoms with E-state index in [2.05, 4.69) is 0 Å². The summed E-state index contributed by atoms with van der Waals surface area (Å²) in [4.78, 5) is 11.0. The molecule has 0 bridgehead atoms. The van der Waals surface area contributed by atoms with Crippen molar-refractivity contribution in [2.45, 2.75) is 27.2 Å². The van der Waals surface area contributed by atoms with Crippen molar-refractivity contribution in [2.24, 2.45) is 5.41 Å². The lowest BCUT2D eigenvalue weighted by molar-refractivity contribution is -0.146. The molecule has 0 aromatic heterocycles. The first-order chi connectivity index (χ1) is 8.20. The third-order valence-corrected chi connectivity index (χ3v) is 2.99. The summed E-state index contributed by atoms with van der Waals surface area (Å²) in [6.07, 6.45) is 0.128. The second kappa shape index (κ2) is 4.84. The largest absolute Gasteiger partial charge is 0.504 e. The first-order valence-electron chi connectivity index (χ1n) is 5.49. The van der Waals surface area contributed by atoms with E-state index in [-0.39, 0.29) is 17.9 Å². The molecule has 0 spiro atoms. The normalized spacial score (nSPS) is 11.4. The Hall–Kier alpha value is -1.78. The highest BCUT2D eigenvalue weighted by Crippen LogP contribution is 2.37. The van der Waals surface area contributed by atoms with Crippen molar-refractivity contribution >= 4 is 5.97 Å². The lowest BCUT2D eigenvalue weighted by Gasteiger charge is -2.21. The van der Waals surface area contributed by atoms with Crippen LogP contribution in [0.2, 0.25) is 0 Å². The van der Waals surface area contributed by atoms with Crippen LogP contribution in [0.4, 0.5) is 4.39 Å². The number of methoxy groups -OCH3 is 1. The van der Waals surface area contributed by atoms with E-state index in [1.165, 1.54) is 13.2 Å². The highest BCUT2D eigenvalue weighted by molar-refractivity contribution is 5.74. The lowest BCUT2D eigenvalue weighted by Crippen LogP contribution is -2.26. The van der Waals surface area contributed by atoms with E-state index in [0.717, 1.165) is 0 Å². The highest BCUT2D eigenvalue weighted by Gasteiger charge is 2.29. The smallest absolute Gasteiger partial charge is 0.309 e. The van der Waals surface area contributed by atoms with Gasteiger partial charge >= 0.3 is 5.97 Å². The second-order valence-electron chi connectivity index (χ2n) is 4.89. The minimum Gasteiger partial charge on any atom is -0.504 e. The third-order valence-electron chi connectivity index (χ3n) is 2.99. The van der Waals surface area contributed by atoms with Crippen molar-refractivity contribution in [1.29, 1.82) is 0 Å². The summed E-state index contributed by atoms with van der Waals surface area (Å²) in [6.45, 7) is 4.70. The number of ether oxygens (including phenoxy) is 1. The number of phenolic OH excluding ortho intramolecular Hbond substituents is 1. The van der Waals surface area contributed by atoms with Gasteiger partial charge in [0.1, 0.15) is 0 Å². The fourth-order valence-electron chi connectivity index (χ4n) is 1.69. The van der Waals surface area contributed by atoms with Gasteiger partial charge in [0.05, 0.1) is 12.5 Å². The van der Waals surface area contributed by atoms with E-state index in [9.17, 15) is 14.3 Å². The first-order valence-corrected chi connectivity index (χ1v) is 5.49. The number of aromatic hydroxyl groups is 1. The predicted molar refractivity (Wildman–Crippen MR) is 64.5 cm³/mol. The Labute approximate surface area is 105 Å². The molecule has 1 aromatic rings. The van der Waals surface area contributed by atoms with Crippen LogP contribution in [0.5, 0.6) is 11.5 Å². The van der Waals surface area contributed by atoms with Gasteiger partial charge in [0, 0.05) is 0 Å². The van der Waals surface area contributed by atoms with E-state index < -0.39 is 17.2 Å². The van der Waals surface area contributed by atoms with Gasteiger partial charge in [-0.2, -0.15) is 0 Å². The molecule has 2 N–H and O–H groups in total. The number of carbonyl (C=O) groups is 1. The van der Waals surface area contributed by atoms with Crippen LogP contribution in [0.25, 0.3) is 0 Å². The number of aliphatic carboxylic acids is 1. The molecule has 0 aliphatic carbocycles. The lowest BCUT2D eigenvalue weighted by atomic mass is 9.84. The molecule has 0 saturated carbocycles. The molecule has 0 atom stereocenters. The maximum absolute atomic E-state index is 13.6. The molecule has 0 unspecified atom stereocenters. The molecular weight excluding hydrogens is 239 g/mol. The highest BCUT2D eigenvalue weighted by atomic mass is 19.1. The summed E-state index contributed by atoms with van der Waals surface area (Å²) < 4.78 is 18.4. The topological polar surface area (TPSA) is 66.8 Å². The fraction of sp³-hybridized carbons (Fsp3) is 0.462. The van der Waals surface area contributed by atoms with E-state index >= 15 is 0 Å². The second-order valence-corrected chi connectivity index (χ2v) is 4.89. The van der Waals surface area contributed by atoms with Gasteiger partial charge in [0.25, 0.3) is 0 Å². The number of phenols is 1. The summed E-state index contributed by atoms with van der Waals surface area (Å²) in [5, 5.41) is 18.8. The summed E-state index contributed by atoms with van der Waals surface area (Å²) >= 11 is 0. The maximum Gasteiger partial charge on any atom is 0.309 e. The summed E-state index contributed by atoms with van der Waals surface area (Å²) in [7, 11) is 1.26. The number of halogens is 1. The van der Waals surface area contributed by atoms with Crippen LogP contribution in [0.3, 0.4) is 0 Å². The molecule has 0 fully saturated rings. The van der Waals surface area contributed by atoms with Crippen molar-refractivity contribution in [1.82, 2.24) is 0 Å². The molecule has 1 rings (SSSR count). The zero-order valence-electron chi connectivity index (χ0n) is 10.9. The van der Waals surface area contributed by atoms with Crippen LogP contribution in [0.15, 0.2) is 6.07 Å². The summed E-state index contributed by atoms with van der Waals surface area (Å²) in [5.41, 5.74) is -0.140. The van der Waals surface area contributed by atoms with Crippen molar-refractivity contribution < 1.29 is 24.1 Å². The SMILES string of the molecule is COc1c(F)cc(CC(C)(C)C(=O)O)c(C)c1O. The first kappa shape index (κ1) is 14.3. The molecular formula is C13H17FO4. The zero-order valence-corrected chi connectivity index (χ0v) is 10.9. The van der Waals surface area contributed by atoms with Crippen LogP contribution in [-0.2, 0) is 11.2 Å². The predicted octanol–water partition coefficient (Wildman–Crippen LogP) is 2.50.